The lowest BCUT2D eigenvalue weighted by atomic mass is 10.0. The average molecular weight is 821 g/mol. The second-order valence-corrected chi connectivity index (χ2v) is 18.3. The van der Waals surface area contributed by atoms with Crippen molar-refractivity contribution >= 4 is 17.9 Å². The van der Waals surface area contributed by atoms with Gasteiger partial charge in [-0.3, -0.25) is 14.4 Å². The summed E-state index contributed by atoms with van der Waals surface area (Å²) in [6.07, 6.45) is 48.0. The van der Waals surface area contributed by atoms with Crippen LogP contribution in [0.3, 0.4) is 0 Å². The van der Waals surface area contributed by atoms with E-state index in [9.17, 15) is 14.4 Å². The molecule has 0 aliphatic heterocycles. The summed E-state index contributed by atoms with van der Waals surface area (Å²) in [6.45, 7) is 9.01. The molecule has 0 saturated heterocycles. The van der Waals surface area contributed by atoms with E-state index in [1.54, 1.807) is 0 Å². The molecule has 0 bridgehead atoms. The Hall–Kier alpha value is -1.59. The van der Waals surface area contributed by atoms with Gasteiger partial charge < -0.3 is 14.2 Å². The highest BCUT2D eigenvalue weighted by Crippen LogP contribution is 2.17. The second kappa shape index (κ2) is 46.5. The van der Waals surface area contributed by atoms with Crippen molar-refractivity contribution in [3.63, 3.8) is 0 Å². The van der Waals surface area contributed by atoms with Gasteiger partial charge in [0, 0.05) is 19.3 Å². The first kappa shape index (κ1) is 56.4. The predicted molar refractivity (Wildman–Crippen MR) is 247 cm³/mol. The minimum Gasteiger partial charge on any atom is -0.462 e. The smallest absolute Gasteiger partial charge is 0.306 e. The molecule has 58 heavy (non-hydrogen) atoms. The molecule has 0 aromatic carbocycles. The fraction of sp³-hybridized carbons (Fsp3) is 0.942. The molecule has 0 aliphatic rings. The van der Waals surface area contributed by atoms with Crippen LogP contribution < -0.4 is 0 Å². The van der Waals surface area contributed by atoms with Gasteiger partial charge in [0.2, 0.25) is 0 Å². The maximum Gasteiger partial charge on any atom is 0.306 e. The third kappa shape index (κ3) is 45.5. The van der Waals surface area contributed by atoms with Crippen LogP contribution in [0.4, 0.5) is 0 Å². The third-order valence-electron chi connectivity index (χ3n) is 11.8. The van der Waals surface area contributed by atoms with Crippen molar-refractivity contribution in [1.29, 1.82) is 0 Å². The third-order valence-corrected chi connectivity index (χ3v) is 11.8. The van der Waals surface area contributed by atoms with Gasteiger partial charge in [0.05, 0.1) is 0 Å². The normalized spacial score (nSPS) is 11.9. The molecule has 0 radical (unpaired) electrons. The number of rotatable bonds is 47. The van der Waals surface area contributed by atoms with E-state index in [2.05, 4.69) is 27.7 Å². The summed E-state index contributed by atoms with van der Waals surface area (Å²) in [5.41, 5.74) is 0. The summed E-state index contributed by atoms with van der Waals surface area (Å²) < 4.78 is 16.8. The van der Waals surface area contributed by atoms with Crippen molar-refractivity contribution in [3.05, 3.63) is 0 Å². The molecular formula is C52H100O6. The highest BCUT2D eigenvalue weighted by Gasteiger charge is 2.19. The van der Waals surface area contributed by atoms with Crippen LogP contribution in [0.5, 0.6) is 0 Å². The van der Waals surface area contributed by atoms with Crippen LogP contribution in [-0.2, 0) is 28.6 Å². The lowest BCUT2D eigenvalue weighted by Crippen LogP contribution is -2.30. The molecule has 0 heterocycles. The number of unbranched alkanes of at least 4 members (excludes halogenated alkanes) is 34. The second-order valence-electron chi connectivity index (χ2n) is 18.3. The van der Waals surface area contributed by atoms with Crippen LogP contribution in [0.15, 0.2) is 0 Å². The number of carbonyl (C=O) groups excluding carboxylic acids is 3. The number of ether oxygens (including phenoxy) is 3. The van der Waals surface area contributed by atoms with Gasteiger partial charge in [0.15, 0.2) is 6.10 Å². The molecule has 6 nitrogen and oxygen atoms in total. The summed E-state index contributed by atoms with van der Waals surface area (Å²) in [7, 11) is 0. The predicted octanol–water partition coefficient (Wildman–Crippen LogP) is 16.7. The zero-order chi connectivity index (χ0) is 42.4. The Morgan fingerprint density at radius 3 is 0.845 bits per heavy atom. The van der Waals surface area contributed by atoms with Gasteiger partial charge in [-0.1, -0.05) is 252 Å². The monoisotopic (exact) mass is 821 g/mol. The van der Waals surface area contributed by atoms with Gasteiger partial charge in [0.1, 0.15) is 13.2 Å². The van der Waals surface area contributed by atoms with Gasteiger partial charge >= 0.3 is 17.9 Å². The standard InChI is InChI=1S/C52H100O6/c1-5-7-9-11-13-15-17-18-19-20-21-23-27-31-35-39-43-50(53)56-46-49(58-52(55)45-41-37-33-29-22-16-14-12-10-8-6-2)47-57-51(54)44-40-36-32-28-25-24-26-30-34-38-42-48(3)4/h48-49H,5-47H2,1-4H3/t49-/m1/s1. The molecular weight excluding hydrogens is 721 g/mol. The van der Waals surface area contributed by atoms with E-state index in [0.29, 0.717) is 19.3 Å². The van der Waals surface area contributed by atoms with Gasteiger partial charge in [-0.2, -0.15) is 0 Å². The first-order valence-electron chi connectivity index (χ1n) is 25.9. The first-order chi connectivity index (χ1) is 28.4. The Balaban J connectivity index is 4.28. The lowest BCUT2D eigenvalue weighted by molar-refractivity contribution is -0.167. The van der Waals surface area contributed by atoms with E-state index in [1.807, 2.05) is 0 Å². The lowest BCUT2D eigenvalue weighted by Gasteiger charge is -2.18. The molecule has 0 rings (SSSR count). The minimum atomic E-state index is -0.760. The van der Waals surface area contributed by atoms with E-state index in [1.165, 1.54) is 186 Å². The molecule has 1 atom stereocenters. The minimum absolute atomic E-state index is 0.0628. The van der Waals surface area contributed by atoms with Crippen LogP contribution in [-0.4, -0.2) is 37.2 Å². The van der Waals surface area contributed by atoms with Gasteiger partial charge in [-0.05, 0) is 25.2 Å². The van der Waals surface area contributed by atoms with Crippen LogP contribution in [0.2, 0.25) is 0 Å². The SMILES string of the molecule is CCCCCCCCCCCCCCCCCCC(=O)OC[C@H](COC(=O)CCCCCCCCCCCCC(C)C)OC(=O)CCCCCCCCCCCCC. The zero-order valence-corrected chi connectivity index (χ0v) is 39.5. The van der Waals surface area contributed by atoms with Crippen molar-refractivity contribution in [2.24, 2.45) is 5.92 Å². The average Bonchev–Trinajstić information content (AvgIpc) is 3.21. The largest absolute Gasteiger partial charge is 0.462 e. The van der Waals surface area contributed by atoms with E-state index >= 15 is 0 Å². The summed E-state index contributed by atoms with van der Waals surface area (Å²) >= 11 is 0. The molecule has 0 unspecified atom stereocenters. The Morgan fingerprint density at radius 2 is 0.569 bits per heavy atom. The van der Waals surface area contributed by atoms with E-state index in [4.69, 9.17) is 14.2 Å². The molecule has 344 valence electrons. The van der Waals surface area contributed by atoms with Crippen LogP contribution >= 0.6 is 0 Å². The fourth-order valence-electron chi connectivity index (χ4n) is 7.86. The van der Waals surface area contributed by atoms with Crippen molar-refractivity contribution in [2.45, 2.75) is 297 Å². The molecule has 0 fully saturated rings. The maximum absolute atomic E-state index is 12.7. The molecule has 0 amide bonds. The van der Waals surface area contributed by atoms with Gasteiger partial charge in [-0.25, -0.2) is 0 Å². The Morgan fingerprint density at radius 1 is 0.328 bits per heavy atom. The van der Waals surface area contributed by atoms with E-state index in [0.717, 1.165) is 63.7 Å². The highest BCUT2D eigenvalue weighted by atomic mass is 16.6. The van der Waals surface area contributed by atoms with Crippen LogP contribution in [0.1, 0.15) is 291 Å². The summed E-state index contributed by atoms with van der Waals surface area (Å²) in [5, 5.41) is 0. The summed E-state index contributed by atoms with van der Waals surface area (Å²) in [6, 6.07) is 0. The molecule has 0 N–H and O–H groups in total. The molecule has 6 heteroatoms. The Bertz CT molecular complexity index is 872. The maximum atomic E-state index is 12.7. The van der Waals surface area contributed by atoms with Crippen molar-refractivity contribution < 1.29 is 28.6 Å². The van der Waals surface area contributed by atoms with Crippen molar-refractivity contribution in [1.82, 2.24) is 0 Å². The van der Waals surface area contributed by atoms with Gasteiger partial charge in [-0.15, -0.1) is 0 Å². The number of esters is 3. The van der Waals surface area contributed by atoms with E-state index < -0.39 is 6.10 Å². The van der Waals surface area contributed by atoms with Crippen LogP contribution in [0.25, 0.3) is 0 Å². The molecule has 0 aliphatic carbocycles. The highest BCUT2D eigenvalue weighted by molar-refractivity contribution is 5.71. The molecule has 0 saturated carbocycles. The number of hydrogen-bond donors (Lipinski definition) is 0. The molecule has 0 aromatic heterocycles. The van der Waals surface area contributed by atoms with Crippen molar-refractivity contribution in [3.8, 4) is 0 Å². The topological polar surface area (TPSA) is 78.9 Å². The first-order valence-corrected chi connectivity index (χ1v) is 25.9. The Labute approximate surface area is 361 Å². The number of carbonyl (C=O) groups is 3. The van der Waals surface area contributed by atoms with E-state index in [-0.39, 0.29) is 31.1 Å². The zero-order valence-electron chi connectivity index (χ0n) is 39.5. The fourth-order valence-corrected chi connectivity index (χ4v) is 7.86. The molecule has 0 aromatic rings. The summed E-state index contributed by atoms with van der Waals surface area (Å²) in [5.74, 6) is -0.0269. The quantitative estimate of drug-likeness (QED) is 0.0346. The van der Waals surface area contributed by atoms with Crippen LogP contribution in [0, 0.1) is 5.92 Å². The Kier molecular flexibility index (Phi) is 45.2. The number of hydrogen-bond acceptors (Lipinski definition) is 6. The molecule has 0 spiro atoms. The van der Waals surface area contributed by atoms with Crippen molar-refractivity contribution in [2.75, 3.05) is 13.2 Å². The summed E-state index contributed by atoms with van der Waals surface area (Å²) in [4.78, 5) is 37.9. The van der Waals surface area contributed by atoms with Gasteiger partial charge in [0.25, 0.3) is 0 Å².